The molecule has 1 unspecified atom stereocenters. The Morgan fingerprint density at radius 3 is 2.65 bits per heavy atom. The molecule has 1 N–H and O–H groups in total. The van der Waals surface area contributed by atoms with Crippen molar-refractivity contribution < 1.29 is 0 Å². The lowest BCUT2D eigenvalue weighted by molar-refractivity contribution is 0.442. The summed E-state index contributed by atoms with van der Waals surface area (Å²) in [6.45, 7) is 8.94. The van der Waals surface area contributed by atoms with Crippen molar-refractivity contribution in [3.63, 3.8) is 0 Å². The van der Waals surface area contributed by atoms with Gasteiger partial charge in [0.05, 0.1) is 5.69 Å². The molecule has 0 saturated heterocycles. The van der Waals surface area contributed by atoms with E-state index in [-0.39, 0.29) is 0 Å². The van der Waals surface area contributed by atoms with Gasteiger partial charge >= 0.3 is 0 Å². The zero-order valence-electron chi connectivity index (χ0n) is 11.5. The smallest absolute Gasteiger partial charge is 0.203 e. The first kappa shape index (κ1) is 12.5. The van der Waals surface area contributed by atoms with E-state index in [1.165, 1.54) is 25.7 Å². The Bertz CT molecular complexity index is 364. The maximum atomic E-state index is 4.59. The van der Waals surface area contributed by atoms with Crippen LogP contribution in [0.3, 0.4) is 0 Å². The minimum absolute atomic E-state index is 0.542. The van der Waals surface area contributed by atoms with E-state index in [0.717, 1.165) is 17.6 Å². The van der Waals surface area contributed by atoms with Crippen LogP contribution in [0.2, 0.25) is 0 Å². The first-order valence-corrected chi connectivity index (χ1v) is 6.88. The molecule has 1 heterocycles. The fourth-order valence-electron chi connectivity index (χ4n) is 2.08. The zero-order chi connectivity index (χ0) is 12.4. The number of nitrogens with one attached hydrogen (secondary N) is 1. The maximum absolute atomic E-state index is 4.59. The van der Waals surface area contributed by atoms with Crippen molar-refractivity contribution in [2.24, 2.45) is 5.92 Å². The number of nitrogens with zero attached hydrogens (tertiary/aromatic N) is 2. The van der Waals surface area contributed by atoms with Crippen LogP contribution in [-0.4, -0.2) is 15.6 Å². The lowest BCUT2D eigenvalue weighted by Gasteiger charge is -2.17. The topological polar surface area (TPSA) is 29.9 Å². The third-order valence-electron chi connectivity index (χ3n) is 3.40. The van der Waals surface area contributed by atoms with E-state index >= 15 is 0 Å². The first-order valence-electron chi connectivity index (χ1n) is 6.88. The summed E-state index contributed by atoms with van der Waals surface area (Å²) in [7, 11) is 0. The van der Waals surface area contributed by atoms with Gasteiger partial charge in [0.15, 0.2) is 0 Å². The van der Waals surface area contributed by atoms with Gasteiger partial charge in [-0.25, -0.2) is 4.98 Å². The predicted octanol–water partition coefficient (Wildman–Crippen LogP) is 3.76. The highest BCUT2D eigenvalue weighted by molar-refractivity contribution is 5.32. The molecule has 1 aliphatic carbocycles. The molecule has 1 aromatic rings. The highest BCUT2D eigenvalue weighted by atomic mass is 15.2. The fourth-order valence-corrected chi connectivity index (χ4v) is 2.08. The molecular formula is C14H25N3. The van der Waals surface area contributed by atoms with Crippen LogP contribution in [0, 0.1) is 12.8 Å². The molecule has 0 radical (unpaired) electrons. The van der Waals surface area contributed by atoms with Crippen molar-refractivity contribution in [3.8, 4) is 0 Å². The van der Waals surface area contributed by atoms with Crippen molar-refractivity contribution in [3.05, 3.63) is 11.9 Å². The van der Waals surface area contributed by atoms with Crippen LogP contribution in [0.1, 0.15) is 58.2 Å². The SMILES string of the molecule is Cc1cn(C(C)CCC(C)C)c(NC2CC2)n1. The van der Waals surface area contributed by atoms with Gasteiger partial charge in [0.25, 0.3) is 0 Å². The summed E-state index contributed by atoms with van der Waals surface area (Å²) < 4.78 is 2.32. The molecule has 3 heteroatoms. The molecule has 1 atom stereocenters. The van der Waals surface area contributed by atoms with Gasteiger partial charge in [-0.3, -0.25) is 0 Å². The Labute approximate surface area is 105 Å². The average molecular weight is 235 g/mol. The summed E-state index contributed by atoms with van der Waals surface area (Å²) in [5, 5.41) is 3.53. The van der Waals surface area contributed by atoms with Gasteiger partial charge in [-0.15, -0.1) is 0 Å². The number of hydrogen-bond acceptors (Lipinski definition) is 2. The first-order chi connectivity index (χ1) is 8.06. The van der Waals surface area contributed by atoms with Crippen LogP contribution in [0.15, 0.2) is 6.20 Å². The molecule has 1 aliphatic rings. The average Bonchev–Trinajstić information content (AvgIpc) is 2.98. The third-order valence-corrected chi connectivity index (χ3v) is 3.40. The number of hydrogen-bond donors (Lipinski definition) is 1. The quantitative estimate of drug-likeness (QED) is 0.813. The van der Waals surface area contributed by atoms with Crippen molar-refractivity contribution in [2.45, 2.75) is 65.5 Å². The minimum Gasteiger partial charge on any atom is -0.353 e. The number of rotatable bonds is 6. The summed E-state index contributed by atoms with van der Waals surface area (Å²) >= 11 is 0. The molecular weight excluding hydrogens is 210 g/mol. The van der Waals surface area contributed by atoms with Gasteiger partial charge in [0, 0.05) is 18.3 Å². The summed E-state index contributed by atoms with van der Waals surface area (Å²) in [5.74, 6) is 1.85. The Morgan fingerprint density at radius 2 is 2.06 bits per heavy atom. The minimum atomic E-state index is 0.542. The number of aromatic nitrogens is 2. The highest BCUT2D eigenvalue weighted by Crippen LogP contribution is 2.27. The Kier molecular flexibility index (Phi) is 3.75. The number of anilines is 1. The Morgan fingerprint density at radius 1 is 1.35 bits per heavy atom. The van der Waals surface area contributed by atoms with Gasteiger partial charge in [0.2, 0.25) is 5.95 Å². The zero-order valence-corrected chi connectivity index (χ0v) is 11.5. The van der Waals surface area contributed by atoms with Gasteiger partial charge in [-0.05, 0) is 45.4 Å². The van der Waals surface area contributed by atoms with Crippen molar-refractivity contribution in [1.82, 2.24) is 9.55 Å². The summed E-state index contributed by atoms with van der Waals surface area (Å²) in [5.41, 5.74) is 1.12. The van der Waals surface area contributed by atoms with Crippen LogP contribution in [0.25, 0.3) is 0 Å². The summed E-state index contributed by atoms with van der Waals surface area (Å²) in [4.78, 5) is 4.59. The van der Waals surface area contributed by atoms with Crippen LogP contribution in [0.4, 0.5) is 5.95 Å². The van der Waals surface area contributed by atoms with E-state index in [4.69, 9.17) is 0 Å². The predicted molar refractivity (Wildman–Crippen MR) is 72.4 cm³/mol. The van der Waals surface area contributed by atoms with Gasteiger partial charge < -0.3 is 9.88 Å². The lowest BCUT2D eigenvalue weighted by atomic mass is 10.0. The molecule has 1 aromatic heterocycles. The molecule has 0 spiro atoms. The standard InChI is InChI=1S/C14H25N3/c1-10(2)5-6-12(4)17-9-11(3)15-14(17)16-13-7-8-13/h9-10,12-13H,5-8H2,1-4H3,(H,15,16). The highest BCUT2D eigenvalue weighted by Gasteiger charge is 2.23. The van der Waals surface area contributed by atoms with E-state index in [9.17, 15) is 0 Å². The second-order valence-corrected chi connectivity index (χ2v) is 5.85. The summed E-state index contributed by atoms with van der Waals surface area (Å²) in [6, 6.07) is 1.22. The molecule has 17 heavy (non-hydrogen) atoms. The molecule has 1 fully saturated rings. The normalized spacial score (nSPS) is 17.5. The van der Waals surface area contributed by atoms with Gasteiger partial charge in [-0.1, -0.05) is 13.8 Å². The second-order valence-electron chi connectivity index (χ2n) is 5.85. The van der Waals surface area contributed by atoms with Crippen molar-refractivity contribution in [2.75, 3.05) is 5.32 Å². The lowest BCUT2D eigenvalue weighted by Crippen LogP contribution is -2.12. The Hall–Kier alpha value is -0.990. The number of aryl methyl sites for hydroxylation is 1. The molecule has 0 bridgehead atoms. The fraction of sp³-hybridized carbons (Fsp3) is 0.786. The van der Waals surface area contributed by atoms with Crippen LogP contribution in [-0.2, 0) is 0 Å². The van der Waals surface area contributed by atoms with Crippen LogP contribution in [0.5, 0.6) is 0 Å². The number of imidazole rings is 1. The molecule has 0 aromatic carbocycles. The van der Waals surface area contributed by atoms with E-state index in [1.807, 2.05) is 0 Å². The Balaban J connectivity index is 2.01. The van der Waals surface area contributed by atoms with Gasteiger partial charge in [-0.2, -0.15) is 0 Å². The molecule has 0 aliphatic heterocycles. The molecule has 2 rings (SSSR count). The largest absolute Gasteiger partial charge is 0.353 e. The van der Waals surface area contributed by atoms with Crippen LogP contribution < -0.4 is 5.32 Å². The van der Waals surface area contributed by atoms with Gasteiger partial charge in [0.1, 0.15) is 0 Å². The van der Waals surface area contributed by atoms with E-state index in [2.05, 4.69) is 48.8 Å². The molecule has 1 saturated carbocycles. The third kappa shape index (κ3) is 3.48. The van der Waals surface area contributed by atoms with Crippen molar-refractivity contribution in [1.29, 1.82) is 0 Å². The summed E-state index contributed by atoms with van der Waals surface area (Å²) in [6.07, 6.45) is 7.28. The van der Waals surface area contributed by atoms with E-state index in [1.54, 1.807) is 0 Å². The van der Waals surface area contributed by atoms with E-state index < -0.39 is 0 Å². The molecule has 0 amide bonds. The molecule has 96 valence electrons. The van der Waals surface area contributed by atoms with Crippen molar-refractivity contribution >= 4 is 5.95 Å². The molecule has 3 nitrogen and oxygen atoms in total. The maximum Gasteiger partial charge on any atom is 0.203 e. The monoisotopic (exact) mass is 235 g/mol. The second kappa shape index (κ2) is 5.11. The van der Waals surface area contributed by atoms with E-state index in [0.29, 0.717) is 12.1 Å². The van der Waals surface area contributed by atoms with Crippen LogP contribution >= 0.6 is 0 Å².